The van der Waals surface area contributed by atoms with Gasteiger partial charge in [-0.1, -0.05) is 4.52 Å². The van der Waals surface area contributed by atoms with E-state index in [2.05, 4.69) is 0 Å². The fourth-order valence-electron chi connectivity index (χ4n) is 3.14. The maximum Gasteiger partial charge on any atom is 0.751 e. The summed E-state index contributed by atoms with van der Waals surface area (Å²) in [6.07, 6.45) is 0. The molecule has 3 rings (SSSR count). The van der Waals surface area contributed by atoms with Crippen LogP contribution >= 0.6 is 19.6 Å². The molecule has 1 unspecified atom stereocenters. The van der Waals surface area contributed by atoms with Crippen molar-refractivity contribution in [2.75, 3.05) is 33.0 Å². The molecular formula is C21H21F3N4O7PS2+. The zero-order chi connectivity index (χ0) is 28.0. The Bertz CT molecular complexity index is 1510. The minimum absolute atomic E-state index is 0.00543. The van der Waals surface area contributed by atoms with Crippen LogP contribution in [0.25, 0.3) is 10.1 Å². The normalized spacial score (nSPS) is 11.9. The van der Waals surface area contributed by atoms with Crippen molar-refractivity contribution in [3.8, 4) is 23.3 Å². The quantitative estimate of drug-likeness (QED) is 0.197. The first kappa shape index (κ1) is 29.5. The highest BCUT2D eigenvalue weighted by Gasteiger charge is 2.32. The Hall–Kier alpha value is -3.03. The molecule has 11 nitrogen and oxygen atoms in total. The summed E-state index contributed by atoms with van der Waals surface area (Å²) in [5.74, 6) is -4.36. The predicted octanol–water partition coefficient (Wildman–Crippen LogP) is 3.16. The molecule has 1 heterocycles. The minimum Gasteiger partial charge on any atom is -0.486 e. The molecule has 0 aliphatic rings. The molecule has 0 saturated carbocycles. The number of sulfonamides is 1. The minimum atomic E-state index is -4.42. The van der Waals surface area contributed by atoms with Crippen molar-refractivity contribution in [1.29, 1.82) is 5.26 Å². The van der Waals surface area contributed by atoms with Crippen molar-refractivity contribution in [3.63, 3.8) is 0 Å². The third-order valence-electron chi connectivity index (χ3n) is 4.76. The summed E-state index contributed by atoms with van der Waals surface area (Å²) in [4.78, 5) is 0. The Morgan fingerprint density at radius 3 is 2.32 bits per heavy atom. The SMILES string of the molecule is Cc1c(S(=O)(=O)NCO[P+](=O)Oc2ccc(C#N)c(F)c2)sc2c(F)c(OCCN)c(OCCN)c(F)c12. The molecular weight excluding hydrogens is 572 g/mol. The van der Waals surface area contributed by atoms with Gasteiger partial charge in [0.1, 0.15) is 29.3 Å². The molecule has 1 aromatic heterocycles. The number of nitrogens with zero attached hydrogens (tertiary/aromatic N) is 1. The summed E-state index contributed by atoms with van der Waals surface area (Å²) in [6, 6.07) is 4.68. The third kappa shape index (κ3) is 6.33. The molecule has 1 atom stereocenters. The molecule has 0 aliphatic heterocycles. The van der Waals surface area contributed by atoms with Crippen molar-refractivity contribution in [1.82, 2.24) is 4.72 Å². The molecule has 0 spiro atoms. The van der Waals surface area contributed by atoms with Gasteiger partial charge in [-0.15, -0.1) is 11.3 Å². The lowest BCUT2D eigenvalue weighted by Crippen LogP contribution is -2.25. The molecule has 38 heavy (non-hydrogen) atoms. The van der Waals surface area contributed by atoms with E-state index in [0.29, 0.717) is 11.3 Å². The average Bonchev–Trinajstić information content (AvgIpc) is 3.23. The van der Waals surface area contributed by atoms with Crippen LogP contribution < -0.4 is 30.2 Å². The van der Waals surface area contributed by atoms with E-state index in [4.69, 9.17) is 35.3 Å². The van der Waals surface area contributed by atoms with E-state index in [1.54, 1.807) is 6.07 Å². The number of ether oxygens (including phenoxy) is 2. The zero-order valence-corrected chi connectivity index (χ0v) is 22.2. The molecule has 0 bridgehead atoms. The van der Waals surface area contributed by atoms with Crippen LogP contribution in [0.5, 0.6) is 17.2 Å². The van der Waals surface area contributed by atoms with Gasteiger partial charge in [-0.2, -0.15) is 9.98 Å². The smallest absolute Gasteiger partial charge is 0.486 e. The van der Waals surface area contributed by atoms with Crippen molar-refractivity contribution >= 4 is 39.7 Å². The van der Waals surface area contributed by atoms with E-state index in [1.807, 2.05) is 4.72 Å². The van der Waals surface area contributed by atoms with Crippen molar-refractivity contribution in [3.05, 3.63) is 46.8 Å². The first-order chi connectivity index (χ1) is 18.0. The van der Waals surface area contributed by atoms with Gasteiger partial charge < -0.3 is 20.9 Å². The zero-order valence-electron chi connectivity index (χ0n) is 19.6. The highest BCUT2D eigenvalue weighted by molar-refractivity contribution is 7.91. The van der Waals surface area contributed by atoms with Gasteiger partial charge in [0.05, 0.1) is 10.3 Å². The Morgan fingerprint density at radius 1 is 1.11 bits per heavy atom. The number of nitrogens with one attached hydrogen (secondary N) is 1. The number of thiophene rings is 1. The van der Waals surface area contributed by atoms with Gasteiger partial charge in [0.15, 0.2) is 24.1 Å². The molecule has 0 aliphatic carbocycles. The van der Waals surface area contributed by atoms with Crippen LogP contribution in [0.4, 0.5) is 13.2 Å². The first-order valence-corrected chi connectivity index (χ1v) is 14.0. The van der Waals surface area contributed by atoms with Gasteiger partial charge in [0.2, 0.25) is 11.5 Å². The highest BCUT2D eigenvalue weighted by Crippen LogP contribution is 2.46. The number of nitrogens with two attached hydrogens (primary N) is 2. The molecule has 5 N–H and O–H groups in total. The number of hydrogen-bond acceptors (Lipinski definition) is 11. The molecule has 17 heteroatoms. The molecule has 3 aromatic rings. The Labute approximate surface area is 220 Å². The van der Waals surface area contributed by atoms with E-state index in [-0.39, 0.29) is 53.3 Å². The Morgan fingerprint density at radius 2 is 1.74 bits per heavy atom. The topological polar surface area (TPSA) is 176 Å². The summed E-state index contributed by atoms with van der Waals surface area (Å²) in [7, 11) is -7.38. The second kappa shape index (κ2) is 12.7. The summed E-state index contributed by atoms with van der Waals surface area (Å²) in [5.41, 5.74) is 10.4. The molecule has 0 fully saturated rings. The van der Waals surface area contributed by atoms with Gasteiger partial charge in [0, 0.05) is 29.1 Å². The molecule has 204 valence electrons. The van der Waals surface area contributed by atoms with Crippen molar-refractivity contribution in [2.45, 2.75) is 11.1 Å². The number of hydrogen-bond donors (Lipinski definition) is 3. The highest BCUT2D eigenvalue weighted by atomic mass is 32.2. The van der Waals surface area contributed by atoms with E-state index in [1.165, 1.54) is 13.0 Å². The van der Waals surface area contributed by atoms with E-state index in [9.17, 15) is 17.4 Å². The maximum absolute atomic E-state index is 15.4. The van der Waals surface area contributed by atoms with E-state index >= 15 is 8.78 Å². The van der Waals surface area contributed by atoms with Crippen molar-refractivity contribution in [2.24, 2.45) is 11.5 Å². The lowest BCUT2D eigenvalue weighted by Gasteiger charge is -2.14. The lowest BCUT2D eigenvalue weighted by molar-refractivity contribution is 0.258. The average molecular weight is 594 g/mol. The van der Waals surface area contributed by atoms with Gasteiger partial charge in [0.25, 0.3) is 10.0 Å². The van der Waals surface area contributed by atoms with Crippen LogP contribution in [0, 0.1) is 35.7 Å². The maximum atomic E-state index is 15.4. The van der Waals surface area contributed by atoms with E-state index < -0.39 is 58.2 Å². The molecule has 0 saturated heterocycles. The van der Waals surface area contributed by atoms with Gasteiger partial charge in [-0.05, 0) is 24.6 Å². The summed E-state index contributed by atoms with van der Waals surface area (Å²) >= 11 is 0.434. The third-order valence-corrected chi connectivity index (χ3v) is 8.74. The molecule has 0 amide bonds. The van der Waals surface area contributed by atoms with Crippen LogP contribution in [0.15, 0.2) is 22.4 Å². The number of rotatable bonds is 13. The number of fused-ring (bicyclic) bond motifs is 1. The van der Waals surface area contributed by atoms with Crippen LogP contribution in [0.2, 0.25) is 0 Å². The molecule has 2 aromatic carbocycles. The van der Waals surface area contributed by atoms with Crippen LogP contribution in [0.3, 0.4) is 0 Å². The van der Waals surface area contributed by atoms with Crippen LogP contribution in [-0.2, 0) is 19.1 Å². The molecule has 0 radical (unpaired) electrons. The largest absolute Gasteiger partial charge is 0.751 e. The second-order valence-electron chi connectivity index (χ2n) is 7.27. The fourth-order valence-corrected chi connectivity index (χ4v) is 6.42. The number of benzene rings is 2. The van der Waals surface area contributed by atoms with E-state index in [0.717, 1.165) is 12.1 Å². The van der Waals surface area contributed by atoms with Crippen LogP contribution in [-0.4, -0.2) is 41.5 Å². The number of halogens is 3. The van der Waals surface area contributed by atoms with Gasteiger partial charge in [-0.25, -0.2) is 26.1 Å². The van der Waals surface area contributed by atoms with Gasteiger partial charge >= 0.3 is 8.25 Å². The number of nitriles is 1. The van der Waals surface area contributed by atoms with Crippen molar-refractivity contribution < 1.29 is 44.7 Å². The lowest BCUT2D eigenvalue weighted by atomic mass is 10.1. The Balaban J connectivity index is 1.82. The second-order valence-corrected chi connectivity index (χ2v) is 11.1. The van der Waals surface area contributed by atoms with Crippen LogP contribution in [0.1, 0.15) is 11.1 Å². The first-order valence-electron chi connectivity index (χ1n) is 10.6. The number of aryl methyl sites for hydroxylation is 1. The predicted molar refractivity (Wildman–Crippen MR) is 131 cm³/mol. The fraction of sp³-hybridized carbons (Fsp3) is 0.286. The summed E-state index contributed by atoms with van der Waals surface area (Å²) in [6.45, 7) is 0.0773. The summed E-state index contributed by atoms with van der Waals surface area (Å²) in [5, 5.41) is 8.39. The van der Waals surface area contributed by atoms with Gasteiger partial charge in [-0.3, -0.25) is 0 Å². The standard InChI is InChI=1S/C21H21F3N4O7PS2/c1-11-15-16(23)18(32-6-4-25)19(33-7-5-26)17(24)20(15)37-21(11)38(30,31)28-10-34-36(29)35-13-3-2-12(9-27)14(22)8-13/h2-3,8,28H,4-7,10,25-26H2,1H3/q+1. The monoisotopic (exact) mass is 593 g/mol. The summed E-state index contributed by atoms with van der Waals surface area (Å²) < 4.78 is 103. The Kier molecular flexibility index (Phi) is 9.85.